The first kappa shape index (κ1) is 22.2. The number of hydrogen-bond acceptors (Lipinski definition) is 3. The van der Waals surface area contributed by atoms with E-state index in [2.05, 4.69) is 36.4 Å². The molecule has 0 amide bonds. The molecule has 0 aliphatic heterocycles. The first-order valence-corrected chi connectivity index (χ1v) is 8.88. The van der Waals surface area contributed by atoms with E-state index in [4.69, 9.17) is 0 Å². The Morgan fingerprint density at radius 2 is 1.85 bits per heavy atom. The fourth-order valence-electron chi connectivity index (χ4n) is 1.48. The van der Waals surface area contributed by atoms with Gasteiger partial charge in [-0.05, 0) is 18.3 Å². The number of sulfone groups is 1. The van der Waals surface area contributed by atoms with Crippen LogP contribution in [0.2, 0.25) is 0 Å². The zero-order valence-corrected chi connectivity index (χ0v) is 16.5. The number of halogens is 1. The van der Waals surface area contributed by atoms with E-state index in [1.54, 1.807) is 7.05 Å². The van der Waals surface area contributed by atoms with Crippen LogP contribution in [0.1, 0.15) is 40.0 Å². The lowest BCUT2D eigenvalue weighted by Gasteiger charge is -2.25. The fraction of sp³-hybridized carbons (Fsp3) is 0.923. The largest absolute Gasteiger partial charge is 0.356 e. The first-order valence-electron chi connectivity index (χ1n) is 6.82. The van der Waals surface area contributed by atoms with Gasteiger partial charge in [0.15, 0.2) is 5.96 Å². The summed E-state index contributed by atoms with van der Waals surface area (Å²) in [4.78, 5) is 4.15. The van der Waals surface area contributed by atoms with Gasteiger partial charge in [0.1, 0.15) is 9.84 Å². The number of hydrogen-bond donors (Lipinski definition) is 2. The monoisotopic (exact) mass is 419 g/mol. The lowest BCUT2D eigenvalue weighted by molar-refractivity contribution is 0.348. The van der Waals surface area contributed by atoms with Crippen molar-refractivity contribution in [2.75, 3.05) is 32.1 Å². The van der Waals surface area contributed by atoms with Crippen molar-refractivity contribution in [1.82, 2.24) is 10.6 Å². The molecule has 0 fully saturated rings. The Morgan fingerprint density at radius 3 is 2.30 bits per heavy atom. The number of unbranched alkanes of at least 4 members (excludes halogenated alkanes) is 1. The highest BCUT2D eigenvalue weighted by Gasteiger charge is 2.20. The number of rotatable bonds is 8. The molecule has 0 aliphatic rings. The minimum absolute atomic E-state index is 0. The third kappa shape index (κ3) is 13.0. The van der Waals surface area contributed by atoms with E-state index in [0.29, 0.717) is 13.0 Å². The Morgan fingerprint density at radius 1 is 1.25 bits per heavy atom. The summed E-state index contributed by atoms with van der Waals surface area (Å²) in [6.07, 6.45) is 4.18. The van der Waals surface area contributed by atoms with Crippen molar-refractivity contribution >= 4 is 39.8 Å². The van der Waals surface area contributed by atoms with Gasteiger partial charge in [-0.25, -0.2) is 8.42 Å². The van der Waals surface area contributed by atoms with Crippen LogP contribution < -0.4 is 10.6 Å². The normalized spacial score (nSPS) is 12.8. The van der Waals surface area contributed by atoms with Gasteiger partial charge >= 0.3 is 0 Å². The zero-order valence-electron chi connectivity index (χ0n) is 13.3. The second kappa shape index (κ2) is 10.6. The highest BCUT2D eigenvalue weighted by atomic mass is 127. The van der Waals surface area contributed by atoms with Gasteiger partial charge in [-0.3, -0.25) is 4.99 Å². The van der Waals surface area contributed by atoms with E-state index >= 15 is 0 Å². The molecule has 0 rings (SSSR count). The number of nitrogens with one attached hydrogen (secondary N) is 2. The summed E-state index contributed by atoms with van der Waals surface area (Å²) in [5.41, 5.74) is -0.0779. The zero-order chi connectivity index (χ0) is 14.9. The summed E-state index contributed by atoms with van der Waals surface area (Å²) < 4.78 is 22.4. The van der Waals surface area contributed by atoms with E-state index in [9.17, 15) is 8.42 Å². The minimum Gasteiger partial charge on any atom is -0.356 e. The van der Waals surface area contributed by atoms with Crippen LogP contribution in [0.15, 0.2) is 4.99 Å². The molecule has 2 N–H and O–H groups in total. The molecule has 0 heterocycles. The smallest absolute Gasteiger partial charge is 0.190 e. The molecule has 0 radical (unpaired) electrons. The maximum atomic E-state index is 11.2. The molecular weight excluding hydrogens is 389 g/mol. The van der Waals surface area contributed by atoms with Gasteiger partial charge in [0, 0.05) is 26.4 Å². The Kier molecular flexibility index (Phi) is 11.8. The van der Waals surface area contributed by atoms with Crippen LogP contribution in [0.25, 0.3) is 0 Å². The van der Waals surface area contributed by atoms with E-state index in [-0.39, 0.29) is 35.1 Å². The maximum Gasteiger partial charge on any atom is 0.190 e. The molecular formula is C13H30IN3O2S. The molecule has 0 saturated carbocycles. The highest BCUT2D eigenvalue weighted by Crippen LogP contribution is 2.19. The molecule has 0 bridgehead atoms. The molecule has 0 aromatic carbocycles. The second-order valence-corrected chi connectivity index (χ2v) is 8.01. The van der Waals surface area contributed by atoms with Crippen LogP contribution in [0, 0.1) is 5.41 Å². The molecule has 0 spiro atoms. The Bertz CT molecular complexity index is 381. The van der Waals surface area contributed by atoms with Crippen LogP contribution in [-0.4, -0.2) is 46.5 Å². The molecule has 5 nitrogen and oxygen atoms in total. The first-order chi connectivity index (χ1) is 8.70. The minimum atomic E-state index is -2.89. The van der Waals surface area contributed by atoms with Gasteiger partial charge in [-0.1, -0.05) is 27.2 Å². The summed E-state index contributed by atoms with van der Waals surface area (Å²) >= 11 is 0. The van der Waals surface area contributed by atoms with Crippen molar-refractivity contribution in [2.24, 2.45) is 10.4 Å². The summed E-state index contributed by atoms with van der Waals surface area (Å²) in [6.45, 7) is 7.87. The average molecular weight is 419 g/mol. The van der Waals surface area contributed by atoms with Crippen LogP contribution in [0.4, 0.5) is 0 Å². The summed E-state index contributed by atoms with van der Waals surface area (Å²) in [7, 11) is -1.15. The molecule has 0 atom stereocenters. The van der Waals surface area contributed by atoms with Crippen molar-refractivity contribution in [3.8, 4) is 0 Å². The lowest BCUT2D eigenvalue weighted by Crippen LogP contribution is -2.42. The Labute approximate surface area is 141 Å². The summed E-state index contributed by atoms with van der Waals surface area (Å²) in [5.74, 6) is 1.00. The summed E-state index contributed by atoms with van der Waals surface area (Å²) in [6, 6.07) is 0. The molecule has 20 heavy (non-hydrogen) atoms. The van der Waals surface area contributed by atoms with Crippen molar-refractivity contribution < 1.29 is 8.42 Å². The van der Waals surface area contributed by atoms with Crippen LogP contribution in [-0.2, 0) is 9.84 Å². The van der Waals surface area contributed by atoms with Crippen molar-refractivity contribution in [3.63, 3.8) is 0 Å². The quantitative estimate of drug-likeness (QED) is 0.273. The molecule has 0 aromatic heterocycles. The van der Waals surface area contributed by atoms with Crippen molar-refractivity contribution in [3.05, 3.63) is 0 Å². The third-order valence-corrected chi connectivity index (χ3v) is 3.88. The van der Waals surface area contributed by atoms with E-state index in [1.165, 1.54) is 6.26 Å². The molecule has 7 heteroatoms. The predicted molar refractivity (Wildman–Crippen MR) is 97.8 cm³/mol. The molecule has 122 valence electrons. The second-order valence-electron chi connectivity index (χ2n) is 5.75. The van der Waals surface area contributed by atoms with Crippen molar-refractivity contribution in [2.45, 2.75) is 40.0 Å². The highest BCUT2D eigenvalue weighted by molar-refractivity contribution is 14.0. The Balaban J connectivity index is 0. The number of aliphatic imine (C=N–C) groups is 1. The molecule has 0 aromatic rings. The number of guanidine groups is 1. The van der Waals surface area contributed by atoms with E-state index in [1.807, 2.05) is 0 Å². The van der Waals surface area contributed by atoms with Crippen LogP contribution in [0.3, 0.4) is 0 Å². The average Bonchev–Trinajstić information content (AvgIpc) is 2.30. The fourth-order valence-corrected chi connectivity index (χ4v) is 2.40. The predicted octanol–water partition coefficient (Wildman–Crippen LogP) is 2.03. The topological polar surface area (TPSA) is 70.6 Å². The molecule has 0 saturated heterocycles. The Hall–Kier alpha value is -0.0500. The van der Waals surface area contributed by atoms with Crippen LogP contribution in [0.5, 0.6) is 0 Å². The van der Waals surface area contributed by atoms with Gasteiger partial charge in [0.25, 0.3) is 0 Å². The van der Waals surface area contributed by atoms with Crippen LogP contribution >= 0.6 is 24.0 Å². The SMILES string of the molecule is CCCCNC(=NC)NCC(C)(C)CCS(C)(=O)=O.I. The third-order valence-electron chi connectivity index (χ3n) is 2.93. The number of nitrogens with zero attached hydrogens (tertiary/aromatic N) is 1. The van der Waals surface area contributed by atoms with Gasteiger partial charge in [-0.2, -0.15) is 0 Å². The molecule has 0 unspecified atom stereocenters. The standard InChI is InChI=1S/C13H29N3O2S.HI/c1-6-7-9-15-12(14-4)16-11-13(2,3)8-10-19(5,17)18;/h6-11H2,1-5H3,(H2,14,15,16);1H. The van der Waals surface area contributed by atoms with E-state index in [0.717, 1.165) is 25.3 Å². The van der Waals surface area contributed by atoms with Gasteiger partial charge in [0.05, 0.1) is 5.75 Å². The van der Waals surface area contributed by atoms with Gasteiger partial charge in [-0.15, -0.1) is 24.0 Å². The summed E-state index contributed by atoms with van der Waals surface area (Å²) in [5, 5.41) is 6.48. The maximum absolute atomic E-state index is 11.2. The van der Waals surface area contributed by atoms with Gasteiger partial charge < -0.3 is 10.6 Å². The van der Waals surface area contributed by atoms with Crippen molar-refractivity contribution in [1.29, 1.82) is 0 Å². The van der Waals surface area contributed by atoms with E-state index < -0.39 is 9.84 Å². The lowest BCUT2D eigenvalue weighted by atomic mass is 9.90. The molecule has 0 aliphatic carbocycles. The van der Waals surface area contributed by atoms with Gasteiger partial charge in [0.2, 0.25) is 0 Å².